The monoisotopic (exact) mass is 721 g/mol. The first-order chi connectivity index (χ1) is 23.7. The Morgan fingerprint density at radius 3 is 0.896 bits per heavy atom. The number of carboxylic acid groups (broad SMARTS) is 1. The third-order valence-electron chi connectivity index (χ3n) is 5.67. The Bertz CT molecular complexity index is 669. The molecular formula is C31H60ClNO15. The molecule has 0 atom stereocenters. The topological polar surface area (TPSA) is 177 Å². The van der Waals surface area contributed by atoms with E-state index in [-0.39, 0.29) is 18.7 Å². The number of carbonyl (C=O) groups is 2. The molecule has 16 nitrogen and oxygen atoms in total. The second-order valence-corrected chi connectivity index (χ2v) is 10.0. The second kappa shape index (κ2) is 41.9. The minimum atomic E-state index is -0.984. The van der Waals surface area contributed by atoms with Crippen LogP contribution in [-0.2, 0) is 66.4 Å². The number of aliphatic carboxylic acids is 1. The predicted molar refractivity (Wildman–Crippen MR) is 175 cm³/mol. The molecule has 0 saturated heterocycles. The van der Waals surface area contributed by atoms with Gasteiger partial charge in [0.15, 0.2) is 0 Å². The Labute approximate surface area is 290 Å². The van der Waals surface area contributed by atoms with Crippen molar-refractivity contribution >= 4 is 23.5 Å². The first-order valence-corrected chi connectivity index (χ1v) is 17.2. The molecule has 48 heavy (non-hydrogen) atoms. The van der Waals surface area contributed by atoms with Crippen molar-refractivity contribution in [1.82, 2.24) is 5.32 Å². The molecule has 0 bridgehead atoms. The molecule has 0 saturated carbocycles. The molecule has 0 aromatic carbocycles. The number of amides is 1. The van der Waals surface area contributed by atoms with Crippen molar-refractivity contribution in [2.24, 2.45) is 0 Å². The van der Waals surface area contributed by atoms with Crippen molar-refractivity contribution in [3.05, 3.63) is 0 Å². The molecule has 17 heteroatoms. The molecule has 2 N–H and O–H groups in total. The normalized spacial score (nSPS) is 11.4. The number of ether oxygens (including phenoxy) is 12. The summed E-state index contributed by atoms with van der Waals surface area (Å²) in [5, 5.41) is 11.2. The highest BCUT2D eigenvalue weighted by Crippen LogP contribution is 1.90. The van der Waals surface area contributed by atoms with E-state index < -0.39 is 5.97 Å². The van der Waals surface area contributed by atoms with Crippen LogP contribution in [0.1, 0.15) is 19.3 Å². The van der Waals surface area contributed by atoms with Gasteiger partial charge in [-0.15, -0.1) is 11.6 Å². The van der Waals surface area contributed by atoms with Gasteiger partial charge >= 0.3 is 5.97 Å². The number of hydrogen-bond donors (Lipinski definition) is 2. The van der Waals surface area contributed by atoms with E-state index in [0.29, 0.717) is 177 Å². The van der Waals surface area contributed by atoms with Crippen molar-refractivity contribution in [2.45, 2.75) is 19.3 Å². The van der Waals surface area contributed by atoms with Crippen LogP contribution in [0.4, 0.5) is 0 Å². The number of carboxylic acids is 1. The van der Waals surface area contributed by atoms with Gasteiger partial charge in [0.2, 0.25) is 5.91 Å². The lowest BCUT2D eigenvalue weighted by atomic mass is 10.3. The van der Waals surface area contributed by atoms with Crippen molar-refractivity contribution in [1.29, 1.82) is 0 Å². The zero-order valence-electron chi connectivity index (χ0n) is 28.5. The average Bonchev–Trinajstić information content (AvgIpc) is 3.08. The SMILES string of the molecule is O=C(O)CCC(=O)NCCCOCCOCCOCCOCCOCCOCCOCCOCCOCCOCCOCCOCCCl. The maximum absolute atomic E-state index is 11.4. The summed E-state index contributed by atoms with van der Waals surface area (Å²) in [6, 6.07) is 0. The zero-order chi connectivity index (χ0) is 34.9. The highest BCUT2D eigenvalue weighted by Gasteiger charge is 2.04. The average molecular weight is 722 g/mol. The number of halogens is 1. The number of carbonyl (C=O) groups excluding carboxylic acids is 1. The predicted octanol–water partition coefficient (Wildman–Crippen LogP) is 0.796. The molecule has 0 aliphatic carbocycles. The first-order valence-electron chi connectivity index (χ1n) is 16.6. The maximum Gasteiger partial charge on any atom is 0.303 e. The van der Waals surface area contributed by atoms with Crippen LogP contribution in [0.15, 0.2) is 0 Å². The lowest BCUT2D eigenvalue weighted by Gasteiger charge is -2.09. The quantitative estimate of drug-likeness (QED) is 0.0668. The summed E-state index contributed by atoms with van der Waals surface area (Å²) in [4.78, 5) is 21.8. The summed E-state index contributed by atoms with van der Waals surface area (Å²) in [5.41, 5.74) is 0. The summed E-state index contributed by atoms with van der Waals surface area (Å²) in [6.07, 6.45) is 0.474. The van der Waals surface area contributed by atoms with Crippen LogP contribution in [0.3, 0.4) is 0 Å². The molecule has 1 amide bonds. The largest absolute Gasteiger partial charge is 0.481 e. The van der Waals surface area contributed by atoms with Gasteiger partial charge in [0.1, 0.15) is 0 Å². The lowest BCUT2D eigenvalue weighted by molar-refractivity contribution is -0.138. The maximum atomic E-state index is 11.4. The number of alkyl halides is 1. The molecule has 0 radical (unpaired) electrons. The van der Waals surface area contributed by atoms with Crippen LogP contribution in [0, 0.1) is 0 Å². The molecule has 0 fully saturated rings. The Balaban J connectivity index is 3.08. The third kappa shape index (κ3) is 42.8. The molecule has 286 valence electrons. The van der Waals surface area contributed by atoms with Crippen LogP contribution in [0.2, 0.25) is 0 Å². The lowest BCUT2D eigenvalue weighted by Crippen LogP contribution is -2.25. The highest BCUT2D eigenvalue weighted by molar-refractivity contribution is 6.17. The Morgan fingerprint density at radius 2 is 0.646 bits per heavy atom. The third-order valence-corrected chi connectivity index (χ3v) is 5.82. The van der Waals surface area contributed by atoms with Gasteiger partial charge in [-0.3, -0.25) is 9.59 Å². The van der Waals surface area contributed by atoms with Crippen LogP contribution in [-0.4, -0.2) is 188 Å². The molecule has 0 unspecified atom stereocenters. The van der Waals surface area contributed by atoms with E-state index in [2.05, 4.69) is 5.32 Å². The van der Waals surface area contributed by atoms with Gasteiger partial charge in [0.05, 0.1) is 158 Å². The van der Waals surface area contributed by atoms with Gasteiger partial charge in [-0.25, -0.2) is 0 Å². The van der Waals surface area contributed by atoms with Gasteiger partial charge in [0.25, 0.3) is 0 Å². The van der Waals surface area contributed by atoms with Gasteiger partial charge in [-0.05, 0) is 6.42 Å². The minimum Gasteiger partial charge on any atom is -0.481 e. The molecule has 0 heterocycles. The number of hydrogen-bond acceptors (Lipinski definition) is 14. The minimum absolute atomic E-state index is 0.0112. The first kappa shape index (κ1) is 46.8. The van der Waals surface area contributed by atoms with Crippen LogP contribution in [0.5, 0.6) is 0 Å². The smallest absolute Gasteiger partial charge is 0.303 e. The van der Waals surface area contributed by atoms with E-state index in [4.69, 9.17) is 73.5 Å². The van der Waals surface area contributed by atoms with E-state index in [1.165, 1.54) is 0 Å². The zero-order valence-corrected chi connectivity index (χ0v) is 29.3. The molecule has 0 spiro atoms. The van der Waals surface area contributed by atoms with Crippen LogP contribution >= 0.6 is 11.6 Å². The molecule has 0 aliphatic rings. The summed E-state index contributed by atoms with van der Waals surface area (Å²) in [6.45, 7) is 12.3. The number of nitrogens with one attached hydrogen (secondary N) is 1. The molecule has 0 aliphatic heterocycles. The van der Waals surface area contributed by atoms with E-state index in [1.54, 1.807) is 0 Å². The fraction of sp³-hybridized carbons (Fsp3) is 0.935. The van der Waals surface area contributed by atoms with E-state index in [1.807, 2.05) is 0 Å². The Hall–Kier alpha value is -1.25. The summed E-state index contributed by atoms with van der Waals surface area (Å²) in [7, 11) is 0. The van der Waals surface area contributed by atoms with Gasteiger partial charge in [0, 0.05) is 25.5 Å². The van der Waals surface area contributed by atoms with E-state index in [9.17, 15) is 9.59 Å². The van der Waals surface area contributed by atoms with Crippen LogP contribution in [0.25, 0.3) is 0 Å². The summed E-state index contributed by atoms with van der Waals surface area (Å²) < 4.78 is 65.0. The number of rotatable bonds is 42. The van der Waals surface area contributed by atoms with Crippen LogP contribution < -0.4 is 5.32 Å². The second-order valence-electron chi connectivity index (χ2n) is 9.63. The Morgan fingerprint density at radius 1 is 0.396 bits per heavy atom. The summed E-state index contributed by atoms with van der Waals surface area (Å²) in [5.74, 6) is -0.761. The van der Waals surface area contributed by atoms with Crippen molar-refractivity contribution < 1.29 is 71.5 Å². The molecule has 0 aromatic rings. The standard InChI is InChI=1S/C31H60ClNO15/c32-4-7-38-9-11-40-13-15-42-17-19-44-21-23-46-25-27-48-29-28-47-26-24-45-22-20-43-18-16-41-14-12-39-10-8-37-6-1-5-33-30(34)2-3-31(35)36/h1-29H2,(H,33,34)(H,35,36). The van der Waals surface area contributed by atoms with E-state index in [0.717, 1.165) is 0 Å². The molecule has 0 rings (SSSR count). The summed E-state index contributed by atoms with van der Waals surface area (Å²) >= 11 is 5.51. The molecule has 0 aromatic heterocycles. The van der Waals surface area contributed by atoms with Gasteiger partial charge in [-0.2, -0.15) is 0 Å². The Kier molecular flexibility index (Phi) is 40.8. The highest BCUT2D eigenvalue weighted by atomic mass is 35.5. The fourth-order valence-electron chi connectivity index (χ4n) is 3.29. The van der Waals surface area contributed by atoms with E-state index >= 15 is 0 Å². The van der Waals surface area contributed by atoms with Gasteiger partial charge < -0.3 is 67.3 Å². The fourth-order valence-corrected chi connectivity index (χ4v) is 3.40. The molecular weight excluding hydrogens is 662 g/mol. The van der Waals surface area contributed by atoms with Crippen molar-refractivity contribution in [3.63, 3.8) is 0 Å². The van der Waals surface area contributed by atoms with Crippen molar-refractivity contribution in [3.8, 4) is 0 Å². The van der Waals surface area contributed by atoms with Crippen molar-refractivity contribution in [2.75, 3.05) is 171 Å². The van der Waals surface area contributed by atoms with Gasteiger partial charge in [-0.1, -0.05) is 0 Å².